The van der Waals surface area contributed by atoms with E-state index in [-0.39, 0.29) is 0 Å². The Balaban J connectivity index is 0.000000209. The number of fused-ring (bicyclic) bond motifs is 2. The van der Waals surface area contributed by atoms with Crippen molar-refractivity contribution in [3.05, 3.63) is 40.0 Å². The van der Waals surface area contributed by atoms with E-state index in [1.807, 2.05) is 0 Å². The van der Waals surface area contributed by atoms with E-state index in [0.29, 0.717) is 0 Å². The second-order valence-electron chi connectivity index (χ2n) is 4.77. The van der Waals surface area contributed by atoms with Crippen molar-refractivity contribution in [3.8, 4) is 0 Å². The van der Waals surface area contributed by atoms with Gasteiger partial charge in [-0.3, -0.25) is 0 Å². The van der Waals surface area contributed by atoms with E-state index < -0.39 is 15.5 Å². The van der Waals surface area contributed by atoms with E-state index >= 15 is 0 Å². The Hall–Kier alpha value is 1.00. The first kappa shape index (κ1) is 15.4. The minimum atomic E-state index is -3.29. The molecule has 2 aliphatic rings. The first-order chi connectivity index (χ1) is 8.33. The molecule has 0 atom stereocenters. The fourth-order valence-electron chi connectivity index (χ4n) is 2.60. The Kier molecular flexibility index (Phi) is 5.29. The molecule has 0 bridgehead atoms. The molecule has 3 rings (SSSR count). The number of halogens is 4. The van der Waals surface area contributed by atoms with Crippen LogP contribution >= 0.6 is 34.1 Å². The molecule has 2 aliphatic carbocycles. The van der Waals surface area contributed by atoms with Crippen LogP contribution in [-0.2, 0) is 34.8 Å². The van der Waals surface area contributed by atoms with E-state index in [9.17, 15) is 0 Å². The van der Waals surface area contributed by atoms with Gasteiger partial charge in [-0.2, -0.15) is 0 Å². The second-order valence-corrected chi connectivity index (χ2v) is 27.2. The average molecular weight is 403 g/mol. The summed E-state index contributed by atoms with van der Waals surface area (Å²) in [6, 6.07) is 4.85. The van der Waals surface area contributed by atoms with Gasteiger partial charge in [0.2, 0.25) is 0 Å². The molecule has 0 nitrogen and oxygen atoms in total. The number of hydrogen-bond acceptors (Lipinski definition) is 0. The van der Waals surface area contributed by atoms with E-state index in [4.69, 9.17) is 34.1 Å². The monoisotopic (exact) mass is 400 g/mol. The normalized spacial score (nSPS) is 16.6. The predicted molar refractivity (Wildman–Crippen MR) is 79.2 cm³/mol. The molecule has 0 saturated heterocycles. The van der Waals surface area contributed by atoms with Crippen molar-refractivity contribution in [2.45, 2.75) is 32.6 Å². The van der Waals surface area contributed by atoms with Gasteiger partial charge in [-0.25, -0.2) is 0 Å². The van der Waals surface area contributed by atoms with E-state index in [2.05, 4.69) is 25.1 Å². The van der Waals surface area contributed by atoms with Crippen LogP contribution < -0.4 is 0 Å². The number of aryl methyl sites for hydroxylation is 2. The molecule has 1 aromatic rings. The molecule has 0 aliphatic heterocycles. The summed E-state index contributed by atoms with van der Waals surface area (Å²) in [5.41, 5.74) is 7.77. The van der Waals surface area contributed by atoms with Crippen LogP contribution in [0.2, 0.25) is 0 Å². The number of hydrogen-bond donors (Lipinski definition) is 0. The van der Waals surface area contributed by atoms with Crippen molar-refractivity contribution in [2.24, 2.45) is 0 Å². The third kappa shape index (κ3) is 4.53. The zero-order chi connectivity index (χ0) is 13.3. The first-order valence-corrected chi connectivity index (χ1v) is 18.6. The zero-order valence-electron chi connectivity index (χ0n) is 10.1. The molecule has 98 valence electrons. The van der Waals surface area contributed by atoms with E-state index in [0.717, 1.165) is 0 Å². The molecule has 5 heteroatoms. The summed E-state index contributed by atoms with van der Waals surface area (Å²) in [6.07, 6.45) is 7.49. The zero-order valence-corrected chi connectivity index (χ0v) is 15.6. The third-order valence-corrected chi connectivity index (χ3v) is 3.22. The number of benzene rings is 1. The summed E-state index contributed by atoms with van der Waals surface area (Å²) in [6.45, 7) is 2.23. The van der Waals surface area contributed by atoms with Gasteiger partial charge in [-0.1, -0.05) is 23.8 Å². The summed E-state index contributed by atoms with van der Waals surface area (Å²) in [5, 5.41) is 0. The molecular formula is C13H14Cl4Zr. The van der Waals surface area contributed by atoms with Gasteiger partial charge < -0.3 is 0 Å². The SMILES string of the molecule is CC1=Cc2cc3c(cc2C1)CCC3.[Cl][Zr]([Cl])([Cl])[Cl]. The van der Waals surface area contributed by atoms with Crippen LogP contribution in [0.15, 0.2) is 17.7 Å². The summed E-state index contributed by atoms with van der Waals surface area (Å²) in [5.74, 6) is 0. The van der Waals surface area contributed by atoms with Crippen molar-refractivity contribution < 1.29 is 15.5 Å². The molecule has 0 saturated carbocycles. The van der Waals surface area contributed by atoms with Crippen LogP contribution in [0, 0.1) is 0 Å². The Morgan fingerprint density at radius 2 is 1.50 bits per heavy atom. The van der Waals surface area contributed by atoms with Crippen molar-refractivity contribution >= 4 is 40.1 Å². The van der Waals surface area contributed by atoms with E-state index in [1.165, 1.54) is 36.8 Å². The average Bonchev–Trinajstić information content (AvgIpc) is 2.74. The summed E-state index contributed by atoms with van der Waals surface area (Å²) < 4.78 is 0. The molecule has 0 spiro atoms. The Labute approximate surface area is 127 Å². The molecule has 0 unspecified atom stereocenters. The number of rotatable bonds is 0. The van der Waals surface area contributed by atoms with Gasteiger partial charge >= 0.3 is 49.5 Å². The van der Waals surface area contributed by atoms with Crippen molar-refractivity contribution in [3.63, 3.8) is 0 Å². The van der Waals surface area contributed by atoms with Crippen LogP contribution in [0.5, 0.6) is 0 Å². The van der Waals surface area contributed by atoms with Gasteiger partial charge in [0.05, 0.1) is 0 Å². The first-order valence-electron chi connectivity index (χ1n) is 5.90. The molecule has 0 N–H and O–H groups in total. The van der Waals surface area contributed by atoms with Crippen LogP contribution in [-0.4, -0.2) is 0 Å². The molecule has 18 heavy (non-hydrogen) atoms. The topological polar surface area (TPSA) is 0 Å². The molecule has 0 radical (unpaired) electrons. The Morgan fingerprint density at radius 3 is 2.11 bits per heavy atom. The van der Waals surface area contributed by atoms with Gasteiger partial charge in [0.15, 0.2) is 0 Å². The van der Waals surface area contributed by atoms with E-state index in [1.54, 1.807) is 16.7 Å². The van der Waals surface area contributed by atoms with Crippen molar-refractivity contribution in [2.75, 3.05) is 0 Å². The maximum atomic E-state index is 5.04. The minimum absolute atomic E-state index is 1.18. The van der Waals surface area contributed by atoms with Crippen LogP contribution in [0.4, 0.5) is 0 Å². The molecule has 1 aromatic carbocycles. The number of allylic oxidation sites excluding steroid dienone is 1. The van der Waals surface area contributed by atoms with Gasteiger partial charge in [-0.05, 0) is 54.9 Å². The summed E-state index contributed by atoms with van der Waals surface area (Å²) in [4.78, 5) is 0. The molecule has 0 aromatic heterocycles. The van der Waals surface area contributed by atoms with Crippen molar-refractivity contribution in [1.29, 1.82) is 0 Å². The van der Waals surface area contributed by atoms with Gasteiger partial charge in [0.25, 0.3) is 0 Å². The van der Waals surface area contributed by atoms with Crippen LogP contribution in [0.25, 0.3) is 6.08 Å². The van der Waals surface area contributed by atoms with Crippen LogP contribution in [0.3, 0.4) is 0 Å². The van der Waals surface area contributed by atoms with Crippen molar-refractivity contribution in [1.82, 2.24) is 0 Å². The quantitative estimate of drug-likeness (QED) is 0.507. The molecule has 0 fully saturated rings. The predicted octanol–water partition coefficient (Wildman–Crippen LogP) is 5.89. The molecular weight excluding hydrogens is 389 g/mol. The molecule has 0 heterocycles. The maximum absolute atomic E-state index is 5.04. The Morgan fingerprint density at radius 1 is 0.944 bits per heavy atom. The van der Waals surface area contributed by atoms with Gasteiger partial charge in [-0.15, -0.1) is 0 Å². The summed E-state index contributed by atoms with van der Waals surface area (Å²) >= 11 is -3.29. The Bertz CT molecular complexity index is 482. The van der Waals surface area contributed by atoms with Gasteiger partial charge in [0.1, 0.15) is 0 Å². The van der Waals surface area contributed by atoms with Gasteiger partial charge in [0, 0.05) is 0 Å². The molecule has 0 amide bonds. The summed E-state index contributed by atoms with van der Waals surface area (Å²) in [7, 11) is 20.1. The fourth-order valence-corrected chi connectivity index (χ4v) is 2.60. The standard InChI is InChI=1S/C13H14.4ClH.Zr/c1-9-5-12-7-10-3-2-4-11(10)8-13(12)6-9;;;;;/h5,7-8H,2-4,6H2,1H3;4*1H;/q;;;;;+4/p-4. The fraction of sp³-hybridized carbons (Fsp3) is 0.385. The second kappa shape index (κ2) is 6.19. The third-order valence-electron chi connectivity index (χ3n) is 3.22. The van der Waals surface area contributed by atoms with Crippen LogP contribution in [0.1, 0.15) is 35.6 Å².